The minimum absolute atomic E-state index is 0.0694. The van der Waals surface area contributed by atoms with Gasteiger partial charge < -0.3 is 14.8 Å². The van der Waals surface area contributed by atoms with Crippen molar-refractivity contribution in [2.75, 3.05) is 20.3 Å². The zero-order valence-corrected chi connectivity index (χ0v) is 12.8. The monoisotopic (exact) mass is 265 g/mol. The molecule has 0 radical (unpaired) electrons. The van der Waals surface area contributed by atoms with E-state index in [1.165, 1.54) is 0 Å². The highest BCUT2D eigenvalue weighted by molar-refractivity contribution is 5.30. The zero-order chi connectivity index (χ0) is 14.3. The van der Waals surface area contributed by atoms with Gasteiger partial charge in [-0.05, 0) is 23.6 Å². The Kier molecular flexibility index (Phi) is 6.89. The average Bonchev–Trinajstić information content (AvgIpc) is 2.38. The van der Waals surface area contributed by atoms with E-state index in [2.05, 4.69) is 39.1 Å². The van der Waals surface area contributed by atoms with Crippen LogP contribution in [0, 0.1) is 5.92 Å². The summed E-state index contributed by atoms with van der Waals surface area (Å²) in [7, 11) is 1.69. The molecular weight excluding hydrogens is 238 g/mol. The Morgan fingerprint density at radius 1 is 1.16 bits per heavy atom. The number of methoxy groups -OCH3 is 1. The highest BCUT2D eigenvalue weighted by atomic mass is 16.5. The first-order valence-corrected chi connectivity index (χ1v) is 7.01. The van der Waals surface area contributed by atoms with Crippen LogP contribution in [0.4, 0.5) is 0 Å². The molecular formula is C16H27NO2. The molecule has 0 heterocycles. The molecule has 0 aliphatic heterocycles. The molecule has 0 fully saturated rings. The largest absolute Gasteiger partial charge is 0.497 e. The van der Waals surface area contributed by atoms with Crippen molar-refractivity contribution in [2.45, 2.75) is 39.8 Å². The maximum atomic E-state index is 6.02. The van der Waals surface area contributed by atoms with Crippen molar-refractivity contribution >= 4 is 0 Å². The maximum Gasteiger partial charge on any atom is 0.119 e. The van der Waals surface area contributed by atoms with Gasteiger partial charge in [-0.2, -0.15) is 0 Å². The standard InChI is InChI=1S/C16H27NO2/c1-12(2)11-19-16(10-17-13(3)4)14-7-6-8-15(9-14)18-5/h6-9,12-13,16-17H,10-11H2,1-5H3. The van der Waals surface area contributed by atoms with E-state index in [-0.39, 0.29) is 6.10 Å². The molecule has 1 aromatic rings. The lowest BCUT2D eigenvalue weighted by Crippen LogP contribution is -2.29. The number of nitrogens with one attached hydrogen (secondary N) is 1. The van der Waals surface area contributed by atoms with Gasteiger partial charge in [-0.1, -0.05) is 39.8 Å². The van der Waals surface area contributed by atoms with Crippen LogP contribution in [0.5, 0.6) is 5.75 Å². The molecule has 3 heteroatoms. The van der Waals surface area contributed by atoms with Gasteiger partial charge in [0.1, 0.15) is 5.75 Å². The van der Waals surface area contributed by atoms with Crippen molar-refractivity contribution < 1.29 is 9.47 Å². The van der Waals surface area contributed by atoms with Crippen LogP contribution in [0.2, 0.25) is 0 Å². The van der Waals surface area contributed by atoms with Gasteiger partial charge in [0.25, 0.3) is 0 Å². The molecule has 19 heavy (non-hydrogen) atoms. The van der Waals surface area contributed by atoms with Crippen LogP contribution in [0.1, 0.15) is 39.4 Å². The maximum absolute atomic E-state index is 6.02. The summed E-state index contributed by atoms with van der Waals surface area (Å²) in [4.78, 5) is 0. The third-order valence-corrected chi connectivity index (χ3v) is 2.81. The quantitative estimate of drug-likeness (QED) is 0.781. The van der Waals surface area contributed by atoms with Crippen LogP contribution in [0.25, 0.3) is 0 Å². The Bertz CT molecular complexity index is 352. The molecule has 1 rings (SSSR count). The lowest BCUT2D eigenvalue weighted by atomic mass is 10.1. The topological polar surface area (TPSA) is 30.5 Å². The summed E-state index contributed by atoms with van der Waals surface area (Å²) in [5.74, 6) is 1.41. The third kappa shape index (κ3) is 6.08. The SMILES string of the molecule is COc1cccc(C(CNC(C)C)OCC(C)C)c1. The molecule has 0 saturated carbocycles. The van der Waals surface area contributed by atoms with Crippen molar-refractivity contribution in [3.05, 3.63) is 29.8 Å². The van der Waals surface area contributed by atoms with Gasteiger partial charge in [-0.3, -0.25) is 0 Å². The van der Waals surface area contributed by atoms with E-state index in [1.807, 2.05) is 18.2 Å². The molecule has 3 nitrogen and oxygen atoms in total. The molecule has 0 aliphatic rings. The number of ether oxygens (including phenoxy) is 2. The fraction of sp³-hybridized carbons (Fsp3) is 0.625. The first kappa shape index (κ1) is 16.0. The second kappa shape index (κ2) is 8.18. The normalized spacial score (nSPS) is 13.0. The lowest BCUT2D eigenvalue weighted by molar-refractivity contribution is 0.0339. The van der Waals surface area contributed by atoms with Crippen molar-refractivity contribution in [3.8, 4) is 5.75 Å². The van der Waals surface area contributed by atoms with Crippen LogP contribution in [0.3, 0.4) is 0 Å². The molecule has 1 N–H and O–H groups in total. The van der Waals surface area contributed by atoms with Gasteiger partial charge in [0, 0.05) is 19.2 Å². The van der Waals surface area contributed by atoms with Gasteiger partial charge >= 0.3 is 0 Å². The molecule has 0 amide bonds. The van der Waals surface area contributed by atoms with Crippen LogP contribution in [-0.4, -0.2) is 26.3 Å². The summed E-state index contributed by atoms with van der Waals surface area (Å²) in [5, 5.41) is 3.44. The Hall–Kier alpha value is -1.06. The third-order valence-electron chi connectivity index (χ3n) is 2.81. The minimum Gasteiger partial charge on any atom is -0.497 e. The van der Waals surface area contributed by atoms with E-state index in [1.54, 1.807) is 7.11 Å². The van der Waals surface area contributed by atoms with E-state index < -0.39 is 0 Å². The first-order chi connectivity index (χ1) is 9.02. The summed E-state index contributed by atoms with van der Waals surface area (Å²) < 4.78 is 11.3. The number of hydrogen-bond donors (Lipinski definition) is 1. The van der Waals surface area contributed by atoms with Crippen molar-refractivity contribution in [2.24, 2.45) is 5.92 Å². The second-order valence-electron chi connectivity index (χ2n) is 5.56. The van der Waals surface area contributed by atoms with Gasteiger partial charge in [0.05, 0.1) is 13.2 Å². The summed E-state index contributed by atoms with van der Waals surface area (Å²) in [6.07, 6.45) is 0.0694. The fourth-order valence-corrected chi connectivity index (χ4v) is 1.77. The minimum atomic E-state index is 0.0694. The Morgan fingerprint density at radius 2 is 1.89 bits per heavy atom. The Balaban J connectivity index is 2.74. The zero-order valence-electron chi connectivity index (χ0n) is 12.8. The van der Waals surface area contributed by atoms with E-state index in [0.29, 0.717) is 12.0 Å². The van der Waals surface area contributed by atoms with Crippen molar-refractivity contribution in [1.29, 1.82) is 0 Å². The molecule has 1 atom stereocenters. The van der Waals surface area contributed by atoms with Gasteiger partial charge in [0.2, 0.25) is 0 Å². The summed E-state index contributed by atoms with van der Waals surface area (Å²) in [6.45, 7) is 10.2. The summed E-state index contributed by atoms with van der Waals surface area (Å²) >= 11 is 0. The van der Waals surface area contributed by atoms with Gasteiger partial charge in [-0.15, -0.1) is 0 Å². The van der Waals surface area contributed by atoms with E-state index in [9.17, 15) is 0 Å². The Morgan fingerprint density at radius 3 is 2.47 bits per heavy atom. The van der Waals surface area contributed by atoms with Crippen molar-refractivity contribution in [3.63, 3.8) is 0 Å². The summed E-state index contributed by atoms with van der Waals surface area (Å²) in [6, 6.07) is 8.56. The molecule has 108 valence electrons. The Labute approximate surface area is 117 Å². The number of rotatable bonds is 8. The molecule has 0 bridgehead atoms. The molecule has 0 aromatic heterocycles. The highest BCUT2D eigenvalue weighted by Gasteiger charge is 2.14. The molecule has 0 aliphatic carbocycles. The van der Waals surface area contributed by atoms with Gasteiger partial charge in [0.15, 0.2) is 0 Å². The average molecular weight is 265 g/mol. The molecule has 1 aromatic carbocycles. The number of benzene rings is 1. The van der Waals surface area contributed by atoms with Crippen LogP contribution in [-0.2, 0) is 4.74 Å². The van der Waals surface area contributed by atoms with Gasteiger partial charge in [-0.25, -0.2) is 0 Å². The molecule has 0 saturated heterocycles. The highest BCUT2D eigenvalue weighted by Crippen LogP contribution is 2.22. The van der Waals surface area contributed by atoms with Crippen LogP contribution in [0.15, 0.2) is 24.3 Å². The second-order valence-corrected chi connectivity index (χ2v) is 5.56. The van der Waals surface area contributed by atoms with E-state index >= 15 is 0 Å². The first-order valence-electron chi connectivity index (χ1n) is 7.01. The summed E-state index contributed by atoms with van der Waals surface area (Å²) in [5.41, 5.74) is 1.16. The van der Waals surface area contributed by atoms with E-state index in [0.717, 1.165) is 24.5 Å². The van der Waals surface area contributed by atoms with Crippen LogP contribution >= 0.6 is 0 Å². The lowest BCUT2D eigenvalue weighted by Gasteiger charge is -2.22. The van der Waals surface area contributed by atoms with Crippen molar-refractivity contribution in [1.82, 2.24) is 5.32 Å². The smallest absolute Gasteiger partial charge is 0.119 e. The predicted octanol–water partition coefficient (Wildman–Crippen LogP) is 3.41. The molecule has 0 spiro atoms. The molecule has 1 unspecified atom stereocenters. The predicted molar refractivity (Wildman–Crippen MR) is 79.7 cm³/mol. The fourth-order valence-electron chi connectivity index (χ4n) is 1.77. The van der Waals surface area contributed by atoms with E-state index in [4.69, 9.17) is 9.47 Å². The van der Waals surface area contributed by atoms with Crippen LogP contribution < -0.4 is 10.1 Å². The number of hydrogen-bond acceptors (Lipinski definition) is 3.